The molecular weight excluding hydrogens is 426 g/mol. The summed E-state index contributed by atoms with van der Waals surface area (Å²) in [6.45, 7) is 6.62. The molecule has 3 saturated heterocycles. The number of fused-ring (bicyclic) bond motifs is 5. The van der Waals surface area contributed by atoms with Crippen LogP contribution in [0.25, 0.3) is 20.8 Å². The lowest BCUT2D eigenvalue weighted by Gasteiger charge is -2.49. The van der Waals surface area contributed by atoms with E-state index in [4.69, 9.17) is 4.98 Å². The van der Waals surface area contributed by atoms with Crippen molar-refractivity contribution in [3.05, 3.63) is 28.9 Å². The molecule has 162 valence electrons. The number of rotatable bonds is 5. The van der Waals surface area contributed by atoms with Crippen LogP contribution >= 0.6 is 22.7 Å². The molecule has 6 nitrogen and oxygen atoms in total. The molecule has 3 fully saturated rings. The van der Waals surface area contributed by atoms with Crippen molar-refractivity contribution in [3.63, 3.8) is 0 Å². The smallest absolute Gasteiger partial charge is 0.230 e. The van der Waals surface area contributed by atoms with Gasteiger partial charge in [0.15, 0.2) is 0 Å². The number of anilines is 1. The van der Waals surface area contributed by atoms with Crippen LogP contribution in [0, 0.1) is 5.92 Å². The highest BCUT2D eigenvalue weighted by Crippen LogP contribution is 2.44. The third-order valence-corrected chi connectivity index (χ3v) is 9.63. The lowest BCUT2D eigenvalue weighted by molar-refractivity contribution is -0.942. The minimum absolute atomic E-state index is 0.149. The van der Waals surface area contributed by atoms with Crippen LogP contribution < -0.4 is 10.6 Å². The first kappa shape index (κ1) is 19.8. The van der Waals surface area contributed by atoms with Crippen LogP contribution in [0.15, 0.2) is 18.5 Å². The Hall–Kier alpha value is -1.87. The molecule has 31 heavy (non-hydrogen) atoms. The van der Waals surface area contributed by atoms with Gasteiger partial charge in [0.25, 0.3) is 0 Å². The predicted molar refractivity (Wildman–Crippen MR) is 126 cm³/mol. The summed E-state index contributed by atoms with van der Waals surface area (Å²) in [5, 5.41) is 8.74. The SMILES string of the molecule is O=C(CC[N+]12CCC(CC1)CC2)Nc1sc2c(c1-c1nc3cnccc3s1)CCNC2. The predicted octanol–water partition coefficient (Wildman–Crippen LogP) is 4.02. The normalized spacial score (nSPS) is 25.0. The fraction of sp³-hybridized carbons (Fsp3) is 0.522. The van der Waals surface area contributed by atoms with Gasteiger partial charge in [-0.05, 0) is 49.8 Å². The van der Waals surface area contributed by atoms with E-state index in [2.05, 4.69) is 15.6 Å². The Morgan fingerprint density at radius 1 is 1.23 bits per heavy atom. The lowest BCUT2D eigenvalue weighted by Crippen LogP contribution is -2.58. The summed E-state index contributed by atoms with van der Waals surface area (Å²) in [5.74, 6) is 1.10. The number of aromatic nitrogens is 2. The van der Waals surface area contributed by atoms with Crippen molar-refractivity contribution in [2.75, 3.05) is 38.0 Å². The molecule has 3 aromatic rings. The van der Waals surface area contributed by atoms with Crippen LogP contribution in [0.4, 0.5) is 5.00 Å². The first-order chi connectivity index (χ1) is 15.2. The Morgan fingerprint density at radius 3 is 2.87 bits per heavy atom. The number of thiophene rings is 1. The molecular formula is C23H28N5OS2+. The third kappa shape index (κ3) is 3.69. The van der Waals surface area contributed by atoms with Crippen molar-refractivity contribution in [1.82, 2.24) is 15.3 Å². The van der Waals surface area contributed by atoms with E-state index in [1.807, 2.05) is 18.5 Å². The highest BCUT2D eigenvalue weighted by atomic mass is 32.1. The van der Waals surface area contributed by atoms with E-state index in [-0.39, 0.29) is 5.91 Å². The van der Waals surface area contributed by atoms with Gasteiger partial charge in [0.2, 0.25) is 5.91 Å². The number of hydrogen-bond acceptors (Lipinski definition) is 6. The molecule has 7 heterocycles. The van der Waals surface area contributed by atoms with Crippen LogP contribution in [-0.2, 0) is 17.8 Å². The quantitative estimate of drug-likeness (QED) is 0.572. The van der Waals surface area contributed by atoms with Crippen molar-refractivity contribution in [2.24, 2.45) is 5.92 Å². The molecule has 0 spiro atoms. The number of piperidine rings is 3. The Labute approximate surface area is 190 Å². The summed E-state index contributed by atoms with van der Waals surface area (Å²) in [6.07, 6.45) is 9.27. The number of carbonyl (C=O) groups is 1. The zero-order valence-electron chi connectivity index (χ0n) is 17.7. The van der Waals surface area contributed by atoms with Gasteiger partial charge in [-0.3, -0.25) is 9.78 Å². The van der Waals surface area contributed by atoms with E-state index in [1.165, 1.54) is 49.3 Å². The number of amides is 1. The molecule has 0 atom stereocenters. The molecule has 1 amide bonds. The fourth-order valence-corrected chi connectivity index (χ4v) is 7.85. The number of hydrogen-bond donors (Lipinski definition) is 2. The van der Waals surface area contributed by atoms with E-state index in [0.717, 1.165) is 62.2 Å². The van der Waals surface area contributed by atoms with E-state index in [0.29, 0.717) is 6.42 Å². The van der Waals surface area contributed by atoms with E-state index in [1.54, 1.807) is 22.7 Å². The number of thiazole rings is 1. The number of pyridine rings is 1. The minimum atomic E-state index is 0.149. The summed E-state index contributed by atoms with van der Waals surface area (Å²) in [5.41, 5.74) is 3.42. The molecule has 7 rings (SSSR count). The monoisotopic (exact) mass is 454 g/mol. The van der Waals surface area contributed by atoms with Gasteiger partial charge in [-0.15, -0.1) is 22.7 Å². The number of quaternary nitrogens is 1. The van der Waals surface area contributed by atoms with Gasteiger partial charge in [-0.2, -0.15) is 0 Å². The first-order valence-corrected chi connectivity index (χ1v) is 13.0. The molecule has 4 aliphatic rings. The van der Waals surface area contributed by atoms with Crippen molar-refractivity contribution < 1.29 is 9.28 Å². The van der Waals surface area contributed by atoms with E-state index >= 15 is 0 Å². The highest BCUT2D eigenvalue weighted by molar-refractivity contribution is 7.22. The van der Waals surface area contributed by atoms with Crippen LogP contribution in [0.2, 0.25) is 0 Å². The van der Waals surface area contributed by atoms with Gasteiger partial charge < -0.3 is 15.1 Å². The average Bonchev–Trinajstić information content (AvgIpc) is 3.39. The second kappa shape index (κ2) is 7.92. The van der Waals surface area contributed by atoms with Crippen LogP contribution in [0.5, 0.6) is 0 Å². The van der Waals surface area contributed by atoms with Gasteiger partial charge in [0.1, 0.15) is 15.5 Å². The second-order valence-corrected chi connectivity index (χ2v) is 11.4. The Balaban J connectivity index is 1.26. The van der Waals surface area contributed by atoms with Crippen molar-refractivity contribution in [2.45, 2.75) is 38.6 Å². The van der Waals surface area contributed by atoms with Gasteiger partial charge in [-0.1, -0.05) is 0 Å². The van der Waals surface area contributed by atoms with Gasteiger partial charge in [0.05, 0.1) is 43.5 Å². The molecule has 3 aromatic heterocycles. The Kier molecular flexibility index (Phi) is 5.06. The maximum atomic E-state index is 13.0. The number of nitrogens with one attached hydrogen (secondary N) is 2. The molecule has 0 saturated carbocycles. The topological polar surface area (TPSA) is 66.9 Å². The summed E-state index contributed by atoms with van der Waals surface area (Å²) < 4.78 is 2.30. The van der Waals surface area contributed by atoms with Crippen molar-refractivity contribution >= 4 is 43.8 Å². The van der Waals surface area contributed by atoms with E-state index < -0.39 is 0 Å². The van der Waals surface area contributed by atoms with Crippen molar-refractivity contribution in [3.8, 4) is 10.6 Å². The molecule has 0 radical (unpaired) electrons. The first-order valence-electron chi connectivity index (χ1n) is 11.4. The van der Waals surface area contributed by atoms with Gasteiger partial charge in [0, 0.05) is 23.2 Å². The molecule has 0 unspecified atom stereocenters. The summed E-state index contributed by atoms with van der Waals surface area (Å²) in [4.78, 5) is 23.5. The Morgan fingerprint density at radius 2 is 2.06 bits per heavy atom. The summed E-state index contributed by atoms with van der Waals surface area (Å²) >= 11 is 3.41. The van der Waals surface area contributed by atoms with Crippen molar-refractivity contribution in [1.29, 1.82) is 0 Å². The zero-order chi connectivity index (χ0) is 20.8. The summed E-state index contributed by atoms with van der Waals surface area (Å²) in [7, 11) is 0. The largest absolute Gasteiger partial charge is 0.323 e. The minimum Gasteiger partial charge on any atom is -0.323 e. The molecule has 2 bridgehead atoms. The molecule has 4 aliphatic heterocycles. The molecule has 2 N–H and O–H groups in total. The van der Waals surface area contributed by atoms with Crippen LogP contribution in [0.1, 0.15) is 36.1 Å². The average molecular weight is 455 g/mol. The molecule has 8 heteroatoms. The second-order valence-electron chi connectivity index (χ2n) is 9.26. The third-order valence-electron chi connectivity index (χ3n) is 7.43. The molecule has 0 aliphatic carbocycles. The highest BCUT2D eigenvalue weighted by Gasteiger charge is 2.39. The zero-order valence-corrected chi connectivity index (χ0v) is 19.3. The maximum absolute atomic E-state index is 13.0. The van der Waals surface area contributed by atoms with Gasteiger partial charge in [-0.25, -0.2) is 4.98 Å². The maximum Gasteiger partial charge on any atom is 0.230 e. The Bertz CT molecular complexity index is 1080. The summed E-state index contributed by atoms with van der Waals surface area (Å²) in [6, 6.07) is 2.02. The standard InChI is InChI=1S/C23H27N5OS2/c29-20(6-12-28-9-3-15(4-10-28)5-11-28)27-23-21(16-1-7-25-14-19(16)31-23)22-26-17-13-24-8-2-18(17)30-22/h2,8,13,15,25H,1,3-7,9-12,14H2/p+1. The van der Waals surface area contributed by atoms with Gasteiger partial charge >= 0.3 is 0 Å². The van der Waals surface area contributed by atoms with Crippen LogP contribution in [0.3, 0.4) is 0 Å². The van der Waals surface area contributed by atoms with Crippen LogP contribution in [-0.4, -0.2) is 53.1 Å². The fourth-order valence-electron chi connectivity index (χ4n) is 5.54. The van der Waals surface area contributed by atoms with E-state index in [9.17, 15) is 4.79 Å². The lowest BCUT2D eigenvalue weighted by atomic mass is 9.85. The number of nitrogens with zero attached hydrogens (tertiary/aromatic N) is 3. The number of carbonyl (C=O) groups excluding carboxylic acids is 1. The molecule has 0 aromatic carbocycles.